The number of aryl methyl sites for hydroxylation is 1. The number of hydrogen-bond donors (Lipinski definition) is 1. The van der Waals surface area contributed by atoms with Gasteiger partial charge in [-0.1, -0.05) is 30.3 Å². The molecule has 2 nitrogen and oxygen atoms in total. The third-order valence-electron chi connectivity index (χ3n) is 2.55. The first-order valence-corrected chi connectivity index (χ1v) is 4.63. The molecule has 1 N–H and O–H groups in total. The normalized spacial score (nSPS) is 25.9. The Morgan fingerprint density at radius 2 is 2.00 bits per heavy atom. The van der Waals surface area contributed by atoms with Gasteiger partial charge in [-0.2, -0.15) is 0 Å². The molecule has 1 heterocycles. The highest BCUT2D eigenvalue weighted by Crippen LogP contribution is 2.31. The summed E-state index contributed by atoms with van der Waals surface area (Å²) in [5.41, 5.74) is 1.11. The van der Waals surface area contributed by atoms with Crippen LogP contribution in [0.1, 0.15) is 12.0 Å². The molecule has 2 heteroatoms. The summed E-state index contributed by atoms with van der Waals surface area (Å²) in [7, 11) is 0. The Morgan fingerprint density at radius 3 is 2.54 bits per heavy atom. The van der Waals surface area contributed by atoms with Crippen molar-refractivity contribution in [2.75, 3.05) is 13.2 Å². The molecule has 1 saturated heterocycles. The molecule has 0 spiro atoms. The molecule has 1 fully saturated rings. The van der Waals surface area contributed by atoms with E-state index in [4.69, 9.17) is 9.84 Å². The summed E-state index contributed by atoms with van der Waals surface area (Å²) in [5.74, 6) is 0. The van der Waals surface area contributed by atoms with Crippen molar-refractivity contribution in [3.05, 3.63) is 35.9 Å². The highest BCUT2D eigenvalue weighted by molar-refractivity contribution is 5.15. The topological polar surface area (TPSA) is 32.8 Å². The summed E-state index contributed by atoms with van der Waals surface area (Å²) in [4.78, 5) is 0. The second-order valence-electron chi connectivity index (χ2n) is 3.62. The molecular weight excluding hydrogens is 164 g/mol. The minimum absolute atomic E-state index is 0.153. The van der Waals surface area contributed by atoms with E-state index in [2.05, 4.69) is 12.1 Å². The van der Waals surface area contributed by atoms with Crippen molar-refractivity contribution in [2.45, 2.75) is 18.4 Å². The minimum Gasteiger partial charge on any atom is -0.393 e. The quantitative estimate of drug-likeness (QED) is 0.706. The van der Waals surface area contributed by atoms with Crippen LogP contribution in [0.15, 0.2) is 30.3 Å². The first kappa shape index (κ1) is 8.73. The van der Waals surface area contributed by atoms with Crippen molar-refractivity contribution in [3.63, 3.8) is 0 Å². The lowest BCUT2D eigenvalue weighted by Gasteiger charge is -2.07. The number of hydrogen-bond acceptors (Lipinski definition) is 2. The Morgan fingerprint density at radius 1 is 1.31 bits per heavy atom. The van der Waals surface area contributed by atoms with Gasteiger partial charge in [0, 0.05) is 0 Å². The van der Waals surface area contributed by atoms with E-state index >= 15 is 0 Å². The van der Waals surface area contributed by atoms with Crippen LogP contribution in [0.5, 0.6) is 0 Å². The lowest BCUT2D eigenvalue weighted by atomic mass is 10.0. The molecule has 1 unspecified atom stereocenters. The summed E-state index contributed by atoms with van der Waals surface area (Å²) in [6.45, 7) is 0.871. The number of ether oxygens (including phenoxy) is 1. The van der Waals surface area contributed by atoms with E-state index in [9.17, 15) is 0 Å². The molecule has 0 radical (unpaired) electrons. The Labute approximate surface area is 78.2 Å². The van der Waals surface area contributed by atoms with E-state index in [1.807, 2.05) is 18.2 Å². The molecule has 1 aliphatic heterocycles. The van der Waals surface area contributed by atoms with E-state index < -0.39 is 0 Å². The fourth-order valence-corrected chi connectivity index (χ4v) is 1.43. The Balaban J connectivity index is 1.86. The predicted octanol–water partition coefficient (Wildman–Crippen LogP) is 1.38. The zero-order valence-electron chi connectivity index (χ0n) is 7.57. The molecule has 1 atom stereocenters. The molecule has 0 saturated carbocycles. The van der Waals surface area contributed by atoms with Gasteiger partial charge in [-0.15, -0.1) is 0 Å². The number of epoxide rings is 1. The van der Waals surface area contributed by atoms with Crippen LogP contribution in [0.3, 0.4) is 0 Å². The van der Waals surface area contributed by atoms with Crippen LogP contribution >= 0.6 is 0 Å². The number of benzene rings is 1. The Hall–Kier alpha value is -0.860. The van der Waals surface area contributed by atoms with Crippen molar-refractivity contribution in [1.82, 2.24) is 0 Å². The van der Waals surface area contributed by atoms with Crippen LogP contribution < -0.4 is 0 Å². The second-order valence-corrected chi connectivity index (χ2v) is 3.62. The van der Waals surface area contributed by atoms with Gasteiger partial charge in [0.25, 0.3) is 0 Å². The van der Waals surface area contributed by atoms with E-state index in [-0.39, 0.29) is 12.2 Å². The van der Waals surface area contributed by atoms with Crippen LogP contribution in [-0.2, 0) is 11.2 Å². The van der Waals surface area contributed by atoms with Crippen LogP contribution in [0.2, 0.25) is 0 Å². The van der Waals surface area contributed by atoms with Gasteiger partial charge in [0.15, 0.2) is 0 Å². The molecular formula is C11H14O2. The van der Waals surface area contributed by atoms with E-state index in [0.717, 1.165) is 19.4 Å². The maximum Gasteiger partial charge on any atom is 0.115 e. The molecule has 0 amide bonds. The molecule has 2 rings (SSSR count). The van der Waals surface area contributed by atoms with Crippen molar-refractivity contribution in [1.29, 1.82) is 0 Å². The molecule has 1 aliphatic rings. The fraction of sp³-hybridized carbons (Fsp3) is 0.455. The zero-order valence-corrected chi connectivity index (χ0v) is 7.57. The van der Waals surface area contributed by atoms with Crippen LogP contribution in [-0.4, -0.2) is 23.9 Å². The first-order valence-electron chi connectivity index (χ1n) is 4.63. The third kappa shape index (κ3) is 2.08. The van der Waals surface area contributed by atoms with Crippen LogP contribution in [0.4, 0.5) is 0 Å². The molecule has 70 valence electrons. The molecule has 0 aliphatic carbocycles. The van der Waals surface area contributed by atoms with Crippen molar-refractivity contribution < 1.29 is 9.84 Å². The SMILES string of the molecule is OCC1(CCc2ccccc2)CO1. The van der Waals surface area contributed by atoms with Gasteiger partial charge in [-0.3, -0.25) is 0 Å². The summed E-state index contributed by atoms with van der Waals surface area (Å²) in [5, 5.41) is 9.01. The highest BCUT2D eigenvalue weighted by atomic mass is 16.6. The molecule has 0 bridgehead atoms. The van der Waals surface area contributed by atoms with Crippen molar-refractivity contribution in [3.8, 4) is 0 Å². The smallest absolute Gasteiger partial charge is 0.115 e. The van der Waals surface area contributed by atoms with Crippen LogP contribution in [0, 0.1) is 0 Å². The van der Waals surface area contributed by atoms with Crippen molar-refractivity contribution >= 4 is 0 Å². The summed E-state index contributed by atoms with van der Waals surface area (Å²) in [6, 6.07) is 10.3. The van der Waals surface area contributed by atoms with E-state index in [1.165, 1.54) is 5.56 Å². The Kier molecular flexibility index (Phi) is 2.34. The van der Waals surface area contributed by atoms with E-state index in [1.54, 1.807) is 0 Å². The average Bonchev–Trinajstić information content (AvgIpc) is 2.97. The molecule has 13 heavy (non-hydrogen) atoms. The largest absolute Gasteiger partial charge is 0.393 e. The van der Waals surface area contributed by atoms with Gasteiger partial charge >= 0.3 is 0 Å². The second kappa shape index (κ2) is 3.48. The van der Waals surface area contributed by atoms with Gasteiger partial charge < -0.3 is 9.84 Å². The minimum atomic E-state index is -0.199. The van der Waals surface area contributed by atoms with Gasteiger partial charge in [0.05, 0.1) is 13.2 Å². The highest BCUT2D eigenvalue weighted by Gasteiger charge is 2.43. The number of aliphatic hydroxyl groups is 1. The monoisotopic (exact) mass is 178 g/mol. The fourth-order valence-electron chi connectivity index (χ4n) is 1.43. The summed E-state index contributed by atoms with van der Waals surface area (Å²) in [6.07, 6.45) is 1.91. The zero-order chi connectivity index (χ0) is 9.15. The standard InChI is InChI=1S/C11H14O2/c12-8-11(9-13-11)7-6-10-4-2-1-3-5-10/h1-5,12H,6-9H2. The first-order chi connectivity index (χ1) is 6.35. The number of rotatable bonds is 4. The van der Waals surface area contributed by atoms with Gasteiger partial charge in [-0.05, 0) is 18.4 Å². The van der Waals surface area contributed by atoms with Crippen LogP contribution in [0.25, 0.3) is 0 Å². The lowest BCUT2D eigenvalue weighted by Crippen LogP contribution is -2.17. The molecule has 1 aromatic carbocycles. The van der Waals surface area contributed by atoms with Crippen molar-refractivity contribution in [2.24, 2.45) is 0 Å². The summed E-state index contributed by atoms with van der Waals surface area (Å²) >= 11 is 0. The third-order valence-corrected chi connectivity index (χ3v) is 2.55. The average molecular weight is 178 g/mol. The van der Waals surface area contributed by atoms with Gasteiger partial charge in [0.1, 0.15) is 5.60 Å². The Bertz CT molecular complexity index is 265. The maximum absolute atomic E-state index is 9.01. The van der Waals surface area contributed by atoms with Gasteiger partial charge in [-0.25, -0.2) is 0 Å². The van der Waals surface area contributed by atoms with E-state index in [0.29, 0.717) is 0 Å². The molecule has 1 aromatic rings. The maximum atomic E-state index is 9.01. The number of aliphatic hydroxyl groups excluding tert-OH is 1. The molecule has 0 aromatic heterocycles. The predicted molar refractivity (Wildman–Crippen MR) is 50.5 cm³/mol. The van der Waals surface area contributed by atoms with Gasteiger partial charge in [0.2, 0.25) is 0 Å². The lowest BCUT2D eigenvalue weighted by molar-refractivity contribution is 0.164. The summed E-state index contributed by atoms with van der Waals surface area (Å²) < 4.78 is 5.22.